The lowest BCUT2D eigenvalue weighted by molar-refractivity contribution is -0.161. The van der Waals surface area contributed by atoms with E-state index in [0.29, 0.717) is 11.6 Å². The summed E-state index contributed by atoms with van der Waals surface area (Å²) in [4.78, 5) is 12.3. The van der Waals surface area contributed by atoms with E-state index in [4.69, 9.17) is 5.26 Å². The van der Waals surface area contributed by atoms with Gasteiger partial charge < -0.3 is 5.32 Å². The monoisotopic (exact) mass is 439 g/mol. The van der Waals surface area contributed by atoms with Crippen molar-refractivity contribution in [1.82, 2.24) is 10.6 Å². The van der Waals surface area contributed by atoms with E-state index < -0.39 is 35.8 Å². The van der Waals surface area contributed by atoms with Gasteiger partial charge in [0.25, 0.3) is 0 Å². The number of rotatable bonds is 8. The first-order valence-corrected chi connectivity index (χ1v) is 9.55. The molecule has 166 valence electrons. The molecule has 2 aromatic rings. The van der Waals surface area contributed by atoms with Crippen molar-refractivity contribution < 1.29 is 26.7 Å². The lowest BCUT2D eigenvalue weighted by Gasteiger charge is -2.28. The van der Waals surface area contributed by atoms with Crippen LogP contribution in [0.25, 0.3) is 11.1 Å². The van der Waals surface area contributed by atoms with Crippen LogP contribution in [0.3, 0.4) is 0 Å². The Bertz CT molecular complexity index is 915. The predicted molar refractivity (Wildman–Crippen MR) is 106 cm³/mol. The van der Waals surface area contributed by atoms with Gasteiger partial charge in [-0.2, -0.15) is 18.4 Å². The molecule has 4 nitrogen and oxygen atoms in total. The zero-order chi connectivity index (χ0) is 23.2. The van der Waals surface area contributed by atoms with Crippen molar-refractivity contribution in [3.8, 4) is 17.2 Å². The van der Waals surface area contributed by atoms with E-state index in [-0.39, 0.29) is 30.0 Å². The minimum atomic E-state index is -4.71. The summed E-state index contributed by atoms with van der Waals surface area (Å²) in [6.45, 7) is 3.22. The van der Waals surface area contributed by atoms with Crippen molar-refractivity contribution >= 4 is 5.91 Å². The zero-order valence-corrected chi connectivity index (χ0v) is 16.9. The fourth-order valence-corrected chi connectivity index (χ4v) is 3.14. The first-order valence-electron chi connectivity index (χ1n) is 9.55. The summed E-state index contributed by atoms with van der Waals surface area (Å²) in [6, 6.07) is 6.31. The zero-order valence-electron chi connectivity index (χ0n) is 16.9. The lowest BCUT2D eigenvalue weighted by Crippen LogP contribution is -2.49. The van der Waals surface area contributed by atoms with Crippen LogP contribution in [0, 0.1) is 28.9 Å². The van der Waals surface area contributed by atoms with E-state index in [2.05, 4.69) is 10.6 Å². The topological polar surface area (TPSA) is 64.9 Å². The number of nitrogens with zero attached hydrogens (tertiary/aromatic N) is 1. The third-order valence-electron chi connectivity index (χ3n) is 4.50. The Kier molecular flexibility index (Phi) is 8.11. The number of carbonyl (C=O) groups is 1. The van der Waals surface area contributed by atoms with Crippen LogP contribution < -0.4 is 10.6 Å². The van der Waals surface area contributed by atoms with Crippen molar-refractivity contribution in [3.63, 3.8) is 0 Å². The maximum atomic E-state index is 13.8. The smallest absolute Gasteiger partial charge is 0.342 e. The predicted octanol–water partition coefficient (Wildman–Crippen LogP) is 4.88. The van der Waals surface area contributed by atoms with E-state index in [0.717, 1.165) is 12.1 Å². The highest BCUT2D eigenvalue weighted by Gasteiger charge is 2.42. The molecule has 0 saturated carbocycles. The van der Waals surface area contributed by atoms with Gasteiger partial charge in [-0.3, -0.25) is 10.1 Å². The lowest BCUT2D eigenvalue weighted by atomic mass is 9.97. The second-order valence-corrected chi connectivity index (χ2v) is 7.48. The Morgan fingerprint density at radius 3 is 2.10 bits per heavy atom. The van der Waals surface area contributed by atoms with E-state index >= 15 is 0 Å². The van der Waals surface area contributed by atoms with E-state index in [1.54, 1.807) is 19.9 Å². The third kappa shape index (κ3) is 7.03. The summed E-state index contributed by atoms with van der Waals surface area (Å²) in [5.41, 5.74) is 0.373. The first kappa shape index (κ1) is 24.3. The largest absolute Gasteiger partial charge is 0.407 e. The van der Waals surface area contributed by atoms with Crippen LogP contribution in [0.5, 0.6) is 0 Å². The summed E-state index contributed by atoms with van der Waals surface area (Å²) < 4.78 is 68.3. The molecule has 0 aliphatic carbocycles. The van der Waals surface area contributed by atoms with Gasteiger partial charge in [0.05, 0.1) is 12.1 Å². The van der Waals surface area contributed by atoms with Crippen molar-refractivity contribution in [2.45, 2.75) is 38.5 Å². The van der Waals surface area contributed by atoms with Gasteiger partial charge in [-0.1, -0.05) is 38.1 Å². The van der Waals surface area contributed by atoms with Gasteiger partial charge in [0.2, 0.25) is 5.91 Å². The molecule has 2 atom stereocenters. The maximum Gasteiger partial charge on any atom is 0.407 e. The van der Waals surface area contributed by atoms with Crippen molar-refractivity contribution in [1.29, 1.82) is 5.26 Å². The molecule has 31 heavy (non-hydrogen) atoms. The van der Waals surface area contributed by atoms with E-state index in [9.17, 15) is 26.7 Å². The number of nitrogens with one attached hydrogen (secondary N) is 2. The number of hydrogen-bond acceptors (Lipinski definition) is 3. The molecule has 0 bridgehead atoms. The summed E-state index contributed by atoms with van der Waals surface area (Å²) >= 11 is 0. The van der Waals surface area contributed by atoms with Crippen LogP contribution in [0.15, 0.2) is 42.5 Å². The Hall–Kier alpha value is -2.99. The molecule has 0 fully saturated rings. The molecule has 2 N–H and O–H groups in total. The molecule has 1 amide bonds. The van der Waals surface area contributed by atoms with Gasteiger partial charge in [0, 0.05) is 6.07 Å². The molecule has 1 unspecified atom stereocenters. The van der Waals surface area contributed by atoms with Gasteiger partial charge >= 0.3 is 6.18 Å². The second-order valence-electron chi connectivity index (χ2n) is 7.48. The summed E-state index contributed by atoms with van der Waals surface area (Å²) in [5, 5.41) is 13.3. The van der Waals surface area contributed by atoms with Gasteiger partial charge in [-0.05, 0) is 41.2 Å². The highest BCUT2D eigenvalue weighted by atomic mass is 19.4. The van der Waals surface area contributed by atoms with E-state index in [1.807, 2.05) is 0 Å². The molecule has 9 heteroatoms. The van der Waals surface area contributed by atoms with Crippen LogP contribution in [-0.4, -0.2) is 24.7 Å². The number of amides is 1. The Labute approximate surface area is 177 Å². The molecule has 0 spiro atoms. The number of nitriles is 1. The maximum absolute atomic E-state index is 13.8. The Morgan fingerprint density at radius 1 is 1.03 bits per heavy atom. The number of halogens is 5. The third-order valence-corrected chi connectivity index (χ3v) is 4.50. The van der Waals surface area contributed by atoms with E-state index in [1.165, 1.54) is 24.3 Å². The summed E-state index contributed by atoms with van der Waals surface area (Å²) in [5.74, 6) is -2.37. The fourth-order valence-electron chi connectivity index (χ4n) is 3.14. The molecule has 0 aliphatic heterocycles. The van der Waals surface area contributed by atoms with Gasteiger partial charge in [-0.25, -0.2) is 8.78 Å². The average Bonchev–Trinajstić information content (AvgIpc) is 2.67. The quantitative estimate of drug-likeness (QED) is 0.455. The molecule has 0 aromatic heterocycles. The molecule has 0 radical (unpaired) electrons. The molecule has 0 aliphatic rings. The molecule has 2 aromatic carbocycles. The Morgan fingerprint density at radius 2 is 1.61 bits per heavy atom. The summed E-state index contributed by atoms with van der Waals surface area (Å²) in [7, 11) is 0. The molecular formula is C22H22F5N3O. The molecule has 2 rings (SSSR count). The minimum absolute atomic E-state index is 0.0792. The fraction of sp³-hybridized carbons (Fsp3) is 0.364. The van der Waals surface area contributed by atoms with Crippen molar-refractivity contribution in [2.24, 2.45) is 5.92 Å². The van der Waals surface area contributed by atoms with Gasteiger partial charge in [0.15, 0.2) is 0 Å². The molecule has 0 heterocycles. The van der Waals surface area contributed by atoms with Gasteiger partial charge in [0.1, 0.15) is 24.2 Å². The van der Waals surface area contributed by atoms with Crippen LogP contribution in [-0.2, 0) is 4.79 Å². The highest BCUT2D eigenvalue weighted by molar-refractivity contribution is 5.82. The first-order chi connectivity index (χ1) is 14.5. The highest BCUT2D eigenvalue weighted by Crippen LogP contribution is 2.34. The number of benzene rings is 2. The Balaban J connectivity index is 2.32. The SMILES string of the molecule is CC(C)CC(N[C@@H](c1ccc(-c2cc(F)cc(F)c2)cc1)C(F)(F)F)C(=O)NCC#N. The number of alkyl halides is 3. The van der Waals surface area contributed by atoms with Gasteiger partial charge in [-0.15, -0.1) is 0 Å². The van der Waals surface area contributed by atoms with Crippen LogP contribution in [0.1, 0.15) is 31.9 Å². The standard InChI is InChI=1S/C22H22F5N3O/c1-13(2)9-19(21(31)29-8-7-28)30-20(22(25,26)27)15-5-3-14(4-6-15)16-10-17(23)12-18(24)11-16/h3-6,10-13,19-20,30H,8-9H2,1-2H3,(H,29,31)/t19?,20-/m0/s1. The van der Waals surface area contributed by atoms with Crippen molar-refractivity contribution in [3.05, 3.63) is 59.7 Å². The number of hydrogen-bond donors (Lipinski definition) is 2. The molecule has 0 saturated heterocycles. The van der Waals surface area contributed by atoms with Crippen LogP contribution in [0.4, 0.5) is 22.0 Å². The summed E-state index contributed by atoms with van der Waals surface area (Å²) in [6.07, 6.45) is -4.58. The van der Waals surface area contributed by atoms with Crippen molar-refractivity contribution in [2.75, 3.05) is 6.54 Å². The second kappa shape index (κ2) is 10.4. The van der Waals surface area contributed by atoms with Crippen LogP contribution >= 0.6 is 0 Å². The average molecular weight is 439 g/mol. The molecular weight excluding hydrogens is 417 g/mol. The number of carbonyl (C=O) groups excluding carboxylic acids is 1. The minimum Gasteiger partial charge on any atom is -0.342 e. The normalized spacial score (nSPS) is 13.5. The van der Waals surface area contributed by atoms with Crippen LogP contribution in [0.2, 0.25) is 0 Å².